The zero-order chi connectivity index (χ0) is 19.1. The Morgan fingerprint density at radius 1 is 1.26 bits per heavy atom. The van der Waals surface area contributed by atoms with Crippen molar-refractivity contribution in [2.75, 3.05) is 20.2 Å². The topological polar surface area (TPSA) is 96.1 Å². The highest BCUT2D eigenvalue weighted by Gasteiger charge is 2.31. The van der Waals surface area contributed by atoms with E-state index in [0.717, 1.165) is 62.9 Å². The highest BCUT2D eigenvalue weighted by molar-refractivity contribution is 5.76. The van der Waals surface area contributed by atoms with Gasteiger partial charge in [-0.15, -0.1) is 0 Å². The summed E-state index contributed by atoms with van der Waals surface area (Å²) in [5.74, 6) is 2.05. The molecule has 1 aromatic heterocycles. The van der Waals surface area contributed by atoms with E-state index in [2.05, 4.69) is 15.9 Å². The van der Waals surface area contributed by atoms with Gasteiger partial charge in [-0.25, -0.2) is 0 Å². The van der Waals surface area contributed by atoms with Gasteiger partial charge in [0.15, 0.2) is 0 Å². The van der Waals surface area contributed by atoms with Gasteiger partial charge >= 0.3 is 0 Å². The molecule has 1 saturated heterocycles. The van der Waals surface area contributed by atoms with E-state index in [4.69, 9.17) is 9.26 Å². The lowest BCUT2D eigenvalue weighted by atomic mass is 10.0. The molecule has 0 unspecified atom stereocenters. The highest BCUT2D eigenvalue weighted by atomic mass is 16.5. The second-order valence-corrected chi connectivity index (χ2v) is 6.95. The minimum absolute atomic E-state index is 0.112. The number of likely N-dealkylation sites (tertiary alicyclic amines) is 1. The fourth-order valence-corrected chi connectivity index (χ4v) is 3.49. The summed E-state index contributed by atoms with van der Waals surface area (Å²) in [7, 11) is 1.63. The number of nitrogens with zero attached hydrogens (tertiary/aromatic N) is 3. The summed E-state index contributed by atoms with van der Waals surface area (Å²) in [4.78, 5) is 19.2. The average Bonchev–Trinajstić information content (AvgIpc) is 3.21. The third-order valence-electron chi connectivity index (χ3n) is 5.04. The van der Waals surface area contributed by atoms with E-state index < -0.39 is 0 Å². The Balaban J connectivity index is 1.69. The van der Waals surface area contributed by atoms with Crippen molar-refractivity contribution in [1.29, 1.82) is 0 Å². The summed E-state index contributed by atoms with van der Waals surface area (Å²) in [5, 5.41) is 4.13. The predicted molar refractivity (Wildman–Crippen MR) is 101 cm³/mol. The lowest BCUT2D eigenvalue weighted by molar-refractivity contribution is -0.368. The highest BCUT2D eigenvalue weighted by Crippen LogP contribution is 2.32. The number of ether oxygens (including phenoxy) is 1. The number of methoxy groups -OCH3 is 1. The Labute approximate surface area is 159 Å². The Morgan fingerprint density at radius 2 is 2.07 bits per heavy atom. The number of rotatable bonds is 8. The summed E-state index contributed by atoms with van der Waals surface area (Å²) < 4.78 is 10.7. The van der Waals surface area contributed by atoms with Gasteiger partial charge < -0.3 is 19.9 Å². The second kappa shape index (κ2) is 9.50. The van der Waals surface area contributed by atoms with Crippen LogP contribution in [-0.2, 0) is 4.79 Å². The molecule has 0 saturated carbocycles. The maximum absolute atomic E-state index is 12.7. The quantitative estimate of drug-likeness (QED) is 0.718. The standard InChI is InChI=1S/C20H28N4O3/c1-26-16-11-9-15(10-12-16)19-22-20(27-23-19)17-7-4-6-14-24(17)18(25)8-3-2-5-13-21/h9-12,17H,2-8,13-14,21H2,1H3/p+1/t17-/m1/s1. The normalized spacial score (nSPS) is 17.1. The molecule has 7 heteroatoms. The first-order valence-corrected chi connectivity index (χ1v) is 9.79. The van der Waals surface area contributed by atoms with E-state index in [1.807, 2.05) is 29.2 Å². The summed E-state index contributed by atoms with van der Waals surface area (Å²) in [6.45, 7) is 1.69. The van der Waals surface area contributed by atoms with Gasteiger partial charge in [-0.2, -0.15) is 4.98 Å². The third-order valence-corrected chi connectivity index (χ3v) is 5.04. The molecular weight excluding hydrogens is 344 g/mol. The summed E-state index contributed by atoms with van der Waals surface area (Å²) >= 11 is 0. The number of unbranched alkanes of at least 4 members (excludes halogenated alkanes) is 2. The molecule has 3 N–H and O–H groups in total. The fourth-order valence-electron chi connectivity index (χ4n) is 3.49. The Bertz CT molecular complexity index is 729. The van der Waals surface area contributed by atoms with Crippen LogP contribution in [0.25, 0.3) is 11.4 Å². The molecule has 1 atom stereocenters. The number of quaternary nitrogens is 1. The Kier molecular flexibility index (Phi) is 6.81. The minimum Gasteiger partial charge on any atom is -0.497 e. The predicted octanol–water partition coefficient (Wildman–Crippen LogP) is 2.60. The largest absolute Gasteiger partial charge is 0.497 e. The summed E-state index contributed by atoms with van der Waals surface area (Å²) in [6, 6.07) is 7.43. The van der Waals surface area contributed by atoms with Gasteiger partial charge in [0.1, 0.15) is 11.8 Å². The monoisotopic (exact) mass is 373 g/mol. The molecule has 1 aromatic carbocycles. The number of aromatic nitrogens is 2. The van der Waals surface area contributed by atoms with E-state index >= 15 is 0 Å². The van der Waals surface area contributed by atoms with Crippen LogP contribution in [0.4, 0.5) is 0 Å². The first kappa shape index (κ1) is 19.4. The molecule has 2 aromatic rings. The molecule has 27 heavy (non-hydrogen) atoms. The molecular formula is C20H29N4O3+. The number of carbonyl (C=O) groups is 1. The van der Waals surface area contributed by atoms with Crippen LogP contribution in [-0.4, -0.2) is 41.1 Å². The number of hydrogen-bond donors (Lipinski definition) is 1. The molecule has 0 bridgehead atoms. The van der Waals surface area contributed by atoms with Gasteiger partial charge in [-0.3, -0.25) is 4.79 Å². The summed E-state index contributed by atoms with van der Waals surface area (Å²) in [6.07, 6.45) is 6.58. The molecule has 3 rings (SSSR count). The van der Waals surface area contributed by atoms with Crippen molar-refractivity contribution in [2.45, 2.75) is 51.0 Å². The van der Waals surface area contributed by atoms with Crippen molar-refractivity contribution in [3.05, 3.63) is 30.2 Å². The molecule has 2 heterocycles. The minimum atomic E-state index is -0.112. The lowest BCUT2D eigenvalue weighted by Gasteiger charge is -2.33. The van der Waals surface area contributed by atoms with Crippen LogP contribution in [0.1, 0.15) is 56.9 Å². The van der Waals surface area contributed by atoms with Crippen LogP contribution < -0.4 is 10.5 Å². The molecule has 0 aliphatic carbocycles. The zero-order valence-electron chi connectivity index (χ0n) is 16.0. The van der Waals surface area contributed by atoms with Crippen molar-refractivity contribution in [1.82, 2.24) is 15.0 Å². The Hall–Kier alpha value is -2.41. The molecule has 146 valence electrons. The third kappa shape index (κ3) is 4.86. The van der Waals surface area contributed by atoms with Crippen molar-refractivity contribution >= 4 is 5.91 Å². The SMILES string of the molecule is COc1ccc(-c2noc([C@H]3CCCCN3C(=O)CCCCC[NH3+])n2)cc1. The first-order valence-electron chi connectivity index (χ1n) is 9.79. The van der Waals surface area contributed by atoms with E-state index in [9.17, 15) is 4.79 Å². The fraction of sp³-hybridized carbons (Fsp3) is 0.550. The smallest absolute Gasteiger partial charge is 0.249 e. The van der Waals surface area contributed by atoms with Crippen LogP contribution in [0, 0.1) is 0 Å². The van der Waals surface area contributed by atoms with Gasteiger partial charge in [-0.05, 0) is 62.8 Å². The molecule has 1 aliphatic heterocycles. The van der Waals surface area contributed by atoms with Gasteiger partial charge in [0.25, 0.3) is 0 Å². The Morgan fingerprint density at radius 3 is 2.81 bits per heavy atom. The maximum atomic E-state index is 12.7. The van der Waals surface area contributed by atoms with Gasteiger partial charge in [-0.1, -0.05) is 5.16 Å². The lowest BCUT2D eigenvalue weighted by Crippen LogP contribution is -2.50. The van der Waals surface area contributed by atoms with E-state index in [0.29, 0.717) is 18.1 Å². The van der Waals surface area contributed by atoms with E-state index in [-0.39, 0.29) is 11.9 Å². The number of amides is 1. The van der Waals surface area contributed by atoms with Crippen molar-refractivity contribution in [3.8, 4) is 17.1 Å². The molecule has 1 aliphatic rings. The first-order chi connectivity index (χ1) is 13.2. The average molecular weight is 373 g/mol. The van der Waals surface area contributed by atoms with Crippen LogP contribution in [0.5, 0.6) is 5.75 Å². The maximum Gasteiger partial charge on any atom is 0.249 e. The van der Waals surface area contributed by atoms with Gasteiger partial charge in [0.2, 0.25) is 17.6 Å². The van der Waals surface area contributed by atoms with Crippen LogP contribution in [0.15, 0.2) is 28.8 Å². The molecule has 1 fully saturated rings. The molecule has 0 spiro atoms. The number of hydrogen-bond acceptors (Lipinski definition) is 5. The molecule has 7 nitrogen and oxygen atoms in total. The van der Waals surface area contributed by atoms with Crippen molar-refractivity contribution < 1.29 is 19.8 Å². The van der Waals surface area contributed by atoms with Crippen LogP contribution in [0.2, 0.25) is 0 Å². The zero-order valence-corrected chi connectivity index (χ0v) is 16.0. The number of benzene rings is 1. The number of carbonyl (C=O) groups excluding carboxylic acids is 1. The number of piperidine rings is 1. The van der Waals surface area contributed by atoms with Crippen molar-refractivity contribution in [2.24, 2.45) is 0 Å². The second-order valence-electron chi connectivity index (χ2n) is 6.95. The van der Waals surface area contributed by atoms with Gasteiger partial charge in [0.05, 0.1) is 13.7 Å². The van der Waals surface area contributed by atoms with Crippen LogP contribution in [0.3, 0.4) is 0 Å². The molecule has 1 amide bonds. The van der Waals surface area contributed by atoms with Crippen LogP contribution >= 0.6 is 0 Å². The summed E-state index contributed by atoms with van der Waals surface area (Å²) in [5.41, 5.74) is 4.72. The van der Waals surface area contributed by atoms with E-state index in [1.54, 1.807) is 7.11 Å². The molecule has 0 radical (unpaired) electrons. The van der Waals surface area contributed by atoms with Gasteiger partial charge in [0, 0.05) is 18.5 Å². The van der Waals surface area contributed by atoms with E-state index in [1.165, 1.54) is 0 Å². The van der Waals surface area contributed by atoms with Crippen molar-refractivity contribution in [3.63, 3.8) is 0 Å².